The van der Waals surface area contributed by atoms with Crippen molar-refractivity contribution in [2.24, 2.45) is 5.92 Å². The number of carbonyl (C=O) groups excluding carboxylic acids is 1. The molecule has 7 nitrogen and oxygen atoms in total. The number of amides is 1. The molecule has 1 aliphatic carbocycles. The maximum absolute atomic E-state index is 11.9. The maximum Gasteiger partial charge on any atom is 0.228 e. The topological polar surface area (TPSA) is 120 Å². The quantitative estimate of drug-likeness (QED) is 0.677. The molecular formula is C18H18N6O. The number of rotatable bonds is 3. The molecule has 0 unspecified atom stereocenters. The smallest absolute Gasteiger partial charge is 0.228 e. The third kappa shape index (κ3) is 2.84. The van der Waals surface area contributed by atoms with Crippen LogP contribution in [0, 0.1) is 12.8 Å². The second kappa shape index (κ2) is 5.70. The van der Waals surface area contributed by atoms with Crippen LogP contribution in [0.4, 0.5) is 17.3 Å². The summed E-state index contributed by atoms with van der Waals surface area (Å²) in [5.41, 5.74) is 15.1. The van der Waals surface area contributed by atoms with Crippen molar-refractivity contribution < 1.29 is 4.79 Å². The highest BCUT2D eigenvalue weighted by atomic mass is 16.2. The highest BCUT2D eigenvalue weighted by molar-refractivity contribution is 5.98. The second-order valence-electron chi connectivity index (χ2n) is 6.35. The van der Waals surface area contributed by atoms with Crippen molar-refractivity contribution in [1.82, 2.24) is 15.0 Å². The number of nitrogens with one attached hydrogen (secondary N) is 1. The summed E-state index contributed by atoms with van der Waals surface area (Å²) < 4.78 is 0. The summed E-state index contributed by atoms with van der Waals surface area (Å²) in [4.78, 5) is 24.8. The SMILES string of the molecule is Cc1c(N)cncc1-c1cc2cc(NC(=O)C3CC3)ncc2c(N)n1. The van der Waals surface area contributed by atoms with Crippen molar-refractivity contribution in [3.8, 4) is 11.3 Å². The zero-order valence-corrected chi connectivity index (χ0v) is 13.8. The number of aromatic nitrogens is 3. The fourth-order valence-corrected chi connectivity index (χ4v) is 2.75. The van der Waals surface area contributed by atoms with Crippen molar-refractivity contribution >= 4 is 34.0 Å². The molecule has 0 spiro atoms. The molecule has 1 aliphatic rings. The summed E-state index contributed by atoms with van der Waals surface area (Å²) in [5, 5.41) is 4.44. The molecule has 0 atom stereocenters. The van der Waals surface area contributed by atoms with Gasteiger partial charge in [0.05, 0.1) is 17.6 Å². The maximum atomic E-state index is 11.9. The number of fused-ring (bicyclic) bond motifs is 1. The van der Waals surface area contributed by atoms with Gasteiger partial charge in [-0.15, -0.1) is 0 Å². The predicted octanol–water partition coefficient (Wildman–Crippen LogP) is 2.51. The first kappa shape index (κ1) is 15.3. The van der Waals surface area contributed by atoms with Crippen LogP contribution in [0.2, 0.25) is 0 Å². The second-order valence-corrected chi connectivity index (χ2v) is 6.35. The fraction of sp³-hybridized carbons (Fsp3) is 0.222. The number of hydrogen-bond donors (Lipinski definition) is 3. The Labute approximate surface area is 144 Å². The van der Waals surface area contributed by atoms with Gasteiger partial charge in [0, 0.05) is 29.3 Å². The predicted molar refractivity (Wildman–Crippen MR) is 97.7 cm³/mol. The van der Waals surface area contributed by atoms with E-state index >= 15 is 0 Å². The van der Waals surface area contributed by atoms with Gasteiger partial charge in [0.15, 0.2) is 0 Å². The summed E-state index contributed by atoms with van der Waals surface area (Å²) >= 11 is 0. The zero-order chi connectivity index (χ0) is 17.6. The molecular weight excluding hydrogens is 316 g/mol. The number of hydrogen-bond acceptors (Lipinski definition) is 6. The summed E-state index contributed by atoms with van der Waals surface area (Å²) in [5.74, 6) is 1.03. The lowest BCUT2D eigenvalue weighted by Crippen LogP contribution is -2.14. The number of nitrogens with two attached hydrogens (primary N) is 2. The Balaban J connectivity index is 1.78. The van der Waals surface area contributed by atoms with E-state index in [1.807, 2.05) is 19.1 Å². The van der Waals surface area contributed by atoms with Crippen molar-refractivity contribution in [2.75, 3.05) is 16.8 Å². The molecule has 1 amide bonds. The first-order valence-corrected chi connectivity index (χ1v) is 8.10. The zero-order valence-electron chi connectivity index (χ0n) is 13.8. The van der Waals surface area contributed by atoms with Gasteiger partial charge in [-0.05, 0) is 42.8 Å². The highest BCUT2D eigenvalue weighted by Gasteiger charge is 2.29. The standard InChI is InChI=1S/C18H18N6O/c1-9-12(6-21-8-14(9)19)15-4-11-5-16(24-18(25)10-2-3-10)22-7-13(11)17(20)23-15/h4-8,10H,2-3,19H2,1H3,(H2,20,23)(H,22,24,25). The Morgan fingerprint density at radius 2 is 2.00 bits per heavy atom. The number of carbonyl (C=O) groups is 1. The lowest BCUT2D eigenvalue weighted by atomic mass is 10.0. The molecule has 0 bridgehead atoms. The van der Waals surface area contributed by atoms with Crippen molar-refractivity contribution in [3.05, 3.63) is 36.3 Å². The van der Waals surface area contributed by atoms with Gasteiger partial charge in [-0.25, -0.2) is 9.97 Å². The van der Waals surface area contributed by atoms with Crippen LogP contribution in [0.1, 0.15) is 18.4 Å². The molecule has 3 heterocycles. The van der Waals surface area contributed by atoms with Crippen molar-refractivity contribution in [1.29, 1.82) is 0 Å². The first-order valence-electron chi connectivity index (χ1n) is 8.10. The minimum Gasteiger partial charge on any atom is -0.397 e. The van der Waals surface area contributed by atoms with E-state index in [2.05, 4.69) is 20.3 Å². The normalized spacial score (nSPS) is 13.8. The summed E-state index contributed by atoms with van der Waals surface area (Å²) in [7, 11) is 0. The Bertz CT molecular complexity index is 996. The average Bonchev–Trinajstić information content (AvgIpc) is 3.42. The molecule has 3 aromatic rings. The molecule has 7 heteroatoms. The molecule has 0 aromatic carbocycles. The lowest BCUT2D eigenvalue weighted by Gasteiger charge is -2.11. The molecule has 0 aliphatic heterocycles. The van der Waals surface area contributed by atoms with E-state index in [9.17, 15) is 4.79 Å². The van der Waals surface area contributed by atoms with Gasteiger partial charge >= 0.3 is 0 Å². The minimum absolute atomic E-state index is 0.0185. The van der Waals surface area contributed by atoms with Gasteiger partial charge in [-0.3, -0.25) is 9.78 Å². The van der Waals surface area contributed by atoms with Crippen molar-refractivity contribution in [3.63, 3.8) is 0 Å². The van der Waals surface area contributed by atoms with E-state index in [0.717, 1.165) is 34.7 Å². The third-order valence-electron chi connectivity index (χ3n) is 4.47. The number of anilines is 3. The lowest BCUT2D eigenvalue weighted by molar-refractivity contribution is -0.117. The molecule has 1 fully saturated rings. The number of nitrogen functional groups attached to an aromatic ring is 2. The van der Waals surface area contributed by atoms with Crippen molar-refractivity contribution in [2.45, 2.75) is 19.8 Å². The largest absolute Gasteiger partial charge is 0.397 e. The monoisotopic (exact) mass is 334 g/mol. The third-order valence-corrected chi connectivity index (χ3v) is 4.47. The van der Waals surface area contributed by atoms with Crippen LogP contribution >= 0.6 is 0 Å². The van der Waals surface area contributed by atoms with Gasteiger partial charge in [0.2, 0.25) is 5.91 Å². The molecule has 5 N–H and O–H groups in total. The van der Waals surface area contributed by atoms with Crippen LogP contribution in [-0.4, -0.2) is 20.9 Å². The number of pyridine rings is 3. The highest BCUT2D eigenvalue weighted by Crippen LogP contribution is 2.32. The van der Waals surface area contributed by atoms with Crippen LogP contribution < -0.4 is 16.8 Å². The molecule has 126 valence electrons. The van der Waals surface area contributed by atoms with E-state index < -0.39 is 0 Å². The Hall–Kier alpha value is -3.22. The average molecular weight is 334 g/mol. The Kier molecular flexibility index (Phi) is 3.49. The van der Waals surface area contributed by atoms with Gasteiger partial charge < -0.3 is 16.8 Å². The summed E-state index contributed by atoms with van der Waals surface area (Å²) in [6, 6.07) is 3.72. The molecule has 25 heavy (non-hydrogen) atoms. The molecule has 3 aromatic heterocycles. The fourth-order valence-electron chi connectivity index (χ4n) is 2.75. The van der Waals surface area contributed by atoms with E-state index in [-0.39, 0.29) is 11.8 Å². The van der Waals surface area contributed by atoms with E-state index in [0.29, 0.717) is 23.0 Å². The van der Waals surface area contributed by atoms with Crippen LogP contribution in [0.15, 0.2) is 30.7 Å². The van der Waals surface area contributed by atoms with Gasteiger partial charge in [0.1, 0.15) is 11.6 Å². The van der Waals surface area contributed by atoms with Gasteiger partial charge in [-0.1, -0.05) is 0 Å². The van der Waals surface area contributed by atoms with E-state index in [1.54, 1.807) is 18.6 Å². The van der Waals surface area contributed by atoms with Gasteiger partial charge in [-0.2, -0.15) is 0 Å². The molecule has 0 saturated heterocycles. The van der Waals surface area contributed by atoms with E-state index in [1.165, 1.54) is 0 Å². The van der Waals surface area contributed by atoms with Crippen LogP contribution in [0.25, 0.3) is 22.0 Å². The van der Waals surface area contributed by atoms with Crippen LogP contribution in [0.5, 0.6) is 0 Å². The summed E-state index contributed by atoms with van der Waals surface area (Å²) in [6.07, 6.45) is 6.85. The molecule has 0 radical (unpaired) electrons. The van der Waals surface area contributed by atoms with E-state index in [4.69, 9.17) is 11.5 Å². The first-order chi connectivity index (χ1) is 12.0. The molecule has 1 saturated carbocycles. The van der Waals surface area contributed by atoms with Crippen LogP contribution in [-0.2, 0) is 4.79 Å². The Morgan fingerprint density at radius 1 is 1.20 bits per heavy atom. The Morgan fingerprint density at radius 3 is 2.76 bits per heavy atom. The number of nitrogens with zero attached hydrogens (tertiary/aromatic N) is 3. The molecule has 4 rings (SSSR count). The minimum atomic E-state index is 0.0185. The van der Waals surface area contributed by atoms with Crippen LogP contribution in [0.3, 0.4) is 0 Å². The summed E-state index contributed by atoms with van der Waals surface area (Å²) in [6.45, 7) is 1.92. The van der Waals surface area contributed by atoms with Gasteiger partial charge in [0.25, 0.3) is 0 Å².